The van der Waals surface area contributed by atoms with E-state index in [4.69, 9.17) is 4.74 Å². The number of nitrogens with zero attached hydrogens (tertiary/aromatic N) is 1. The zero-order chi connectivity index (χ0) is 13.7. The normalized spacial score (nSPS) is 18.6. The lowest BCUT2D eigenvalue weighted by molar-refractivity contribution is 0.318. The van der Waals surface area contributed by atoms with Crippen LogP contribution in [0, 0.1) is 5.92 Å². The molecule has 0 amide bonds. The molecule has 0 aromatic heterocycles. The van der Waals surface area contributed by atoms with Crippen LogP contribution in [0.1, 0.15) is 44.6 Å². The summed E-state index contributed by atoms with van der Waals surface area (Å²) in [5.74, 6) is 1.36. The van der Waals surface area contributed by atoms with Gasteiger partial charge in [-0.15, -0.1) is 0 Å². The number of para-hydroxylation sites is 1. The molecule has 3 heteroatoms. The molecule has 2 rings (SSSR count). The first-order chi connectivity index (χ1) is 9.22. The second-order valence-electron chi connectivity index (χ2n) is 5.31. The first kappa shape index (κ1) is 13.9. The Bertz CT molecular complexity index is 436. The van der Waals surface area contributed by atoms with E-state index in [1.165, 1.54) is 32.1 Å². The lowest BCUT2D eigenvalue weighted by atomic mass is 9.85. The topological polar surface area (TPSA) is 41.8 Å². The predicted molar refractivity (Wildman–Crippen MR) is 78.3 cm³/mol. The van der Waals surface area contributed by atoms with Crippen molar-refractivity contribution in [2.45, 2.75) is 45.1 Å². The lowest BCUT2D eigenvalue weighted by Crippen LogP contribution is -2.18. The smallest absolute Gasteiger partial charge is 0.166 e. The van der Waals surface area contributed by atoms with Gasteiger partial charge in [-0.2, -0.15) is 0 Å². The lowest BCUT2D eigenvalue weighted by Gasteiger charge is -2.24. The fourth-order valence-electron chi connectivity index (χ4n) is 2.74. The number of hydrogen-bond acceptors (Lipinski definition) is 3. The van der Waals surface area contributed by atoms with Crippen molar-refractivity contribution >= 4 is 6.21 Å². The number of hydrogen-bond donors (Lipinski definition) is 1. The minimum Gasteiger partial charge on any atom is -0.504 e. The largest absolute Gasteiger partial charge is 0.504 e. The molecule has 0 spiro atoms. The fraction of sp³-hybridized carbons (Fsp3) is 0.562. The van der Waals surface area contributed by atoms with Gasteiger partial charge < -0.3 is 9.84 Å². The molecule has 1 aliphatic rings. The molecule has 1 aliphatic carbocycles. The third-order valence-corrected chi connectivity index (χ3v) is 4.03. The second kappa shape index (κ2) is 6.60. The van der Waals surface area contributed by atoms with Gasteiger partial charge in [0.15, 0.2) is 11.5 Å². The molecule has 3 nitrogen and oxygen atoms in total. The number of methoxy groups -OCH3 is 1. The van der Waals surface area contributed by atoms with Crippen LogP contribution in [0.15, 0.2) is 23.2 Å². The molecule has 104 valence electrons. The standard InChI is InChI=1S/C16H23NO2/c1-12(13-7-4-3-5-8-13)17-11-14-9-6-10-15(19-2)16(14)18/h6,9-13,18H,3-5,7-8H2,1-2H3/b17-11-. The summed E-state index contributed by atoms with van der Waals surface area (Å²) in [6.07, 6.45) is 8.36. The van der Waals surface area contributed by atoms with Gasteiger partial charge in [0.25, 0.3) is 0 Å². The molecular formula is C16H23NO2. The van der Waals surface area contributed by atoms with E-state index in [0.717, 1.165) is 5.56 Å². The summed E-state index contributed by atoms with van der Waals surface area (Å²) in [5, 5.41) is 10.00. The molecule has 0 heterocycles. The summed E-state index contributed by atoms with van der Waals surface area (Å²) < 4.78 is 5.10. The van der Waals surface area contributed by atoms with Gasteiger partial charge in [-0.3, -0.25) is 4.99 Å². The fourth-order valence-corrected chi connectivity index (χ4v) is 2.74. The third-order valence-electron chi connectivity index (χ3n) is 4.03. The molecule has 1 aromatic rings. The number of phenolic OH excluding ortho intramolecular Hbond substituents is 1. The van der Waals surface area contributed by atoms with Crippen LogP contribution in [0.2, 0.25) is 0 Å². The van der Waals surface area contributed by atoms with Gasteiger partial charge in [-0.05, 0) is 37.8 Å². The average Bonchev–Trinajstić information content (AvgIpc) is 2.47. The van der Waals surface area contributed by atoms with Crippen molar-refractivity contribution < 1.29 is 9.84 Å². The third kappa shape index (κ3) is 3.49. The van der Waals surface area contributed by atoms with Gasteiger partial charge in [0.05, 0.1) is 7.11 Å². The van der Waals surface area contributed by atoms with Crippen molar-refractivity contribution in [3.05, 3.63) is 23.8 Å². The van der Waals surface area contributed by atoms with Crippen molar-refractivity contribution in [1.82, 2.24) is 0 Å². The van der Waals surface area contributed by atoms with E-state index in [1.807, 2.05) is 12.1 Å². The molecule has 1 saturated carbocycles. The molecule has 1 aromatic carbocycles. The van der Waals surface area contributed by atoms with Gasteiger partial charge in [-0.25, -0.2) is 0 Å². The van der Waals surface area contributed by atoms with Crippen molar-refractivity contribution in [2.24, 2.45) is 10.9 Å². The van der Waals surface area contributed by atoms with E-state index in [9.17, 15) is 5.11 Å². The van der Waals surface area contributed by atoms with E-state index in [2.05, 4.69) is 11.9 Å². The molecule has 0 saturated heterocycles. The van der Waals surface area contributed by atoms with Crippen molar-refractivity contribution in [1.29, 1.82) is 0 Å². The van der Waals surface area contributed by atoms with Crippen LogP contribution in [0.4, 0.5) is 0 Å². The van der Waals surface area contributed by atoms with Crippen molar-refractivity contribution in [3.8, 4) is 11.5 Å². The van der Waals surface area contributed by atoms with Crippen LogP contribution >= 0.6 is 0 Å². The highest BCUT2D eigenvalue weighted by Gasteiger charge is 2.19. The SMILES string of the molecule is COc1cccc(/C=N\C(C)C2CCCCC2)c1O. The van der Waals surface area contributed by atoms with Gasteiger partial charge in [-0.1, -0.05) is 25.3 Å². The Morgan fingerprint density at radius 1 is 1.32 bits per heavy atom. The first-order valence-electron chi connectivity index (χ1n) is 7.11. The number of aliphatic imine (C=N–C) groups is 1. The number of phenols is 1. The number of ether oxygens (including phenoxy) is 1. The molecule has 1 N–H and O–H groups in total. The maximum Gasteiger partial charge on any atom is 0.166 e. The average molecular weight is 261 g/mol. The Hall–Kier alpha value is -1.51. The summed E-state index contributed by atoms with van der Waals surface area (Å²) in [6.45, 7) is 2.17. The summed E-state index contributed by atoms with van der Waals surface area (Å²) in [5.41, 5.74) is 0.724. The summed E-state index contributed by atoms with van der Waals surface area (Å²) in [7, 11) is 1.56. The quantitative estimate of drug-likeness (QED) is 0.838. The Labute approximate surface area is 115 Å². The van der Waals surface area contributed by atoms with Crippen LogP contribution in [0.25, 0.3) is 0 Å². The summed E-state index contributed by atoms with van der Waals surface area (Å²) in [6, 6.07) is 5.79. The Morgan fingerprint density at radius 3 is 2.74 bits per heavy atom. The molecule has 0 radical (unpaired) electrons. The molecule has 19 heavy (non-hydrogen) atoms. The highest BCUT2D eigenvalue weighted by molar-refractivity contribution is 5.84. The van der Waals surface area contributed by atoms with E-state index in [1.54, 1.807) is 19.4 Å². The molecule has 1 unspecified atom stereocenters. The predicted octanol–water partition coefficient (Wildman–Crippen LogP) is 3.79. The van der Waals surface area contributed by atoms with Crippen molar-refractivity contribution in [3.63, 3.8) is 0 Å². The zero-order valence-electron chi connectivity index (χ0n) is 11.8. The van der Waals surface area contributed by atoms with Gasteiger partial charge in [0, 0.05) is 17.8 Å². The van der Waals surface area contributed by atoms with Crippen LogP contribution < -0.4 is 4.74 Å². The Morgan fingerprint density at radius 2 is 2.05 bits per heavy atom. The number of rotatable bonds is 4. The maximum absolute atomic E-state index is 10.00. The van der Waals surface area contributed by atoms with Gasteiger partial charge in [0.1, 0.15) is 0 Å². The molecule has 1 atom stereocenters. The van der Waals surface area contributed by atoms with Crippen LogP contribution in [-0.4, -0.2) is 24.5 Å². The maximum atomic E-state index is 10.00. The first-order valence-corrected chi connectivity index (χ1v) is 7.11. The molecule has 1 fully saturated rings. The van der Waals surface area contributed by atoms with E-state index < -0.39 is 0 Å². The minimum atomic E-state index is 0.171. The van der Waals surface area contributed by atoms with Gasteiger partial charge >= 0.3 is 0 Å². The highest BCUT2D eigenvalue weighted by Crippen LogP contribution is 2.30. The van der Waals surface area contributed by atoms with Crippen LogP contribution in [0.3, 0.4) is 0 Å². The number of benzene rings is 1. The zero-order valence-corrected chi connectivity index (χ0v) is 11.8. The summed E-state index contributed by atoms with van der Waals surface area (Å²) in [4.78, 5) is 4.61. The molecule has 0 bridgehead atoms. The van der Waals surface area contributed by atoms with E-state index in [0.29, 0.717) is 17.7 Å². The minimum absolute atomic E-state index is 0.171. The second-order valence-corrected chi connectivity index (χ2v) is 5.31. The molecule has 0 aliphatic heterocycles. The van der Waals surface area contributed by atoms with E-state index in [-0.39, 0.29) is 5.75 Å². The Balaban J connectivity index is 2.05. The number of aromatic hydroxyl groups is 1. The monoisotopic (exact) mass is 261 g/mol. The van der Waals surface area contributed by atoms with Gasteiger partial charge in [0.2, 0.25) is 0 Å². The Kier molecular flexibility index (Phi) is 4.83. The van der Waals surface area contributed by atoms with Crippen LogP contribution in [0.5, 0.6) is 11.5 Å². The van der Waals surface area contributed by atoms with E-state index >= 15 is 0 Å². The van der Waals surface area contributed by atoms with Crippen LogP contribution in [-0.2, 0) is 0 Å². The highest BCUT2D eigenvalue weighted by atomic mass is 16.5. The van der Waals surface area contributed by atoms with Crippen molar-refractivity contribution in [2.75, 3.05) is 7.11 Å². The summed E-state index contributed by atoms with van der Waals surface area (Å²) >= 11 is 0. The molecular weight excluding hydrogens is 238 g/mol.